The molecule has 0 spiro atoms. The van der Waals surface area contributed by atoms with E-state index in [2.05, 4.69) is 10.6 Å². The summed E-state index contributed by atoms with van der Waals surface area (Å²) in [6, 6.07) is 2.06. The molecule has 2 amide bonds. The summed E-state index contributed by atoms with van der Waals surface area (Å²) in [6.07, 6.45) is 0. The van der Waals surface area contributed by atoms with Gasteiger partial charge in [-0.3, -0.25) is 0 Å². The van der Waals surface area contributed by atoms with Gasteiger partial charge in [0.15, 0.2) is 6.04 Å². The second-order valence-electron chi connectivity index (χ2n) is 3.76. The minimum absolute atomic E-state index is 0.397. The lowest BCUT2D eigenvalue weighted by atomic mass is 10.2. The van der Waals surface area contributed by atoms with Gasteiger partial charge in [0.25, 0.3) is 0 Å². The number of amides is 2. The number of thiophene rings is 1. The molecule has 0 aromatic carbocycles. The molecule has 1 atom stereocenters. The van der Waals surface area contributed by atoms with Crippen LogP contribution < -0.4 is 10.6 Å². The zero-order chi connectivity index (χ0) is 13.5. The lowest BCUT2D eigenvalue weighted by Gasteiger charge is -2.20. The number of carboxylic acids is 1. The van der Waals surface area contributed by atoms with Crippen LogP contribution in [-0.4, -0.2) is 49.2 Å². The van der Waals surface area contributed by atoms with E-state index in [4.69, 9.17) is 5.11 Å². The van der Waals surface area contributed by atoms with Crippen molar-refractivity contribution in [3.63, 3.8) is 0 Å². The van der Waals surface area contributed by atoms with Crippen LogP contribution in [0.3, 0.4) is 0 Å². The summed E-state index contributed by atoms with van der Waals surface area (Å²) in [7, 11) is 3.41. The molecule has 0 aliphatic rings. The van der Waals surface area contributed by atoms with Gasteiger partial charge in [-0.1, -0.05) is 6.07 Å². The summed E-state index contributed by atoms with van der Waals surface area (Å²) in [5.74, 6) is -1.06. The first kappa shape index (κ1) is 14.5. The maximum atomic E-state index is 11.8. The summed E-state index contributed by atoms with van der Waals surface area (Å²) >= 11 is 1.30. The van der Waals surface area contributed by atoms with Crippen LogP contribution >= 0.6 is 11.3 Å². The molecule has 1 aromatic heterocycles. The maximum Gasteiger partial charge on any atom is 0.331 e. The molecule has 1 aromatic rings. The van der Waals surface area contributed by atoms with E-state index in [1.54, 1.807) is 31.6 Å². The van der Waals surface area contributed by atoms with Gasteiger partial charge in [-0.25, -0.2) is 9.59 Å². The van der Waals surface area contributed by atoms with Crippen molar-refractivity contribution in [1.29, 1.82) is 0 Å². The number of hydrogen-bond donors (Lipinski definition) is 3. The van der Waals surface area contributed by atoms with Crippen LogP contribution in [-0.2, 0) is 4.79 Å². The normalized spacial score (nSPS) is 11.9. The summed E-state index contributed by atoms with van der Waals surface area (Å²) < 4.78 is 0. The molecule has 0 aliphatic carbocycles. The van der Waals surface area contributed by atoms with Gasteiger partial charge in [-0.05, 0) is 18.5 Å². The molecule has 0 radical (unpaired) electrons. The fourth-order valence-corrected chi connectivity index (χ4v) is 2.09. The van der Waals surface area contributed by atoms with Crippen molar-refractivity contribution in [2.75, 3.05) is 27.2 Å². The summed E-state index contributed by atoms with van der Waals surface area (Å²) in [5, 5.41) is 16.3. The van der Waals surface area contributed by atoms with Crippen LogP contribution in [0.2, 0.25) is 0 Å². The second kappa shape index (κ2) is 6.97. The van der Waals surface area contributed by atoms with Gasteiger partial charge >= 0.3 is 12.0 Å². The van der Waals surface area contributed by atoms with E-state index in [0.29, 0.717) is 18.0 Å². The third kappa shape index (κ3) is 4.01. The van der Waals surface area contributed by atoms with Crippen molar-refractivity contribution >= 4 is 23.3 Å². The molecule has 1 rings (SSSR count). The van der Waals surface area contributed by atoms with Crippen LogP contribution in [0.25, 0.3) is 0 Å². The summed E-state index contributed by atoms with van der Waals surface area (Å²) in [6.45, 7) is 1.17. The molecular formula is C11H17N3O3S. The van der Waals surface area contributed by atoms with Crippen LogP contribution in [0.15, 0.2) is 17.5 Å². The van der Waals surface area contributed by atoms with Crippen LogP contribution in [0.1, 0.15) is 10.9 Å². The van der Waals surface area contributed by atoms with Crippen LogP contribution in [0, 0.1) is 0 Å². The topological polar surface area (TPSA) is 81.7 Å². The highest BCUT2D eigenvalue weighted by molar-refractivity contribution is 7.10. The van der Waals surface area contributed by atoms with Gasteiger partial charge in [-0.15, -0.1) is 11.3 Å². The molecule has 6 nitrogen and oxygen atoms in total. The monoisotopic (exact) mass is 271 g/mol. The highest BCUT2D eigenvalue weighted by Crippen LogP contribution is 2.19. The Morgan fingerprint density at radius 1 is 1.56 bits per heavy atom. The van der Waals surface area contributed by atoms with E-state index < -0.39 is 18.0 Å². The minimum atomic E-state index is -1.06. The molecule has 18 heavy (non-hydrogen) atoms. The second-order valence-corrected chi connectivity index (χ2v) is 4.74. The number of hydrogen-bond acceptors (Lipinski definition) is 4. The van der Waals surface area contributed by atoms with E-state index in [0.717, 1.165) is 0 Å². The summed E-state index contributed by atoms with van der Waals surface area (Å²) in [5.41, 5.74) is 0. The molecule has 1 heterocycles. The van der Waals surface area contributed by atoms with Gasteiger partial charge in [0, 0.05) is 25.0 Å². The zero-order valence-electron chi connectivity index (χ0n) is 10.3. The highest BCUT2D eigenvalue weighted by Gasteiger charge is 2.24. The van der Waals surface area contributed by atoms with Crippen molar-refractivity contribution in [2.45, 2.75) is 6.04 Å². The molecule has 0 saturated carbocycles. The predicted octanol–water partition coefficient (Wildman–Crippen LogP) is 0.735. The average molecular weight is 271 g/mol. The molecule has 100 valence electrons. The van der Waals surface area contributed by atoms with Crippen LogP contribution in [0.4, 0.5) is 4.79 Å². The zero-order valence-corrected chi connectivity index (χ0v) is 11.2. The largest absolute Gasteiger partial charge is 0.479 e. The van der Waals surface area contributed by atoms with Gasteiger partial charge in [0.2, 0.25) is 0 Å². The number of nitrogens with one attached hydrogen (secondary N) is 2. The number of carbonyl (C=O) groups excluding carboxylic acids is 1. The number of carboxylic acid groups (broad SMARTS) is 1. The fourth-order valence-electron chi connectivity index (χ4n) is 1.32. The van der Waals surface area contributed by atoms with Crippen LogP contribution in [0.5, 0.6) is 0 Å². The molecule has 0 aliphatic heterocycles. The molecule has 0 bridgehead atoms. The first-order valence-electron chi connectivity index (χ1n) is 5.48. The SMILES string of the molecule is CNCCN(C)C(=O)NC(C(=O)O)c1cccs1. The Kier molecular flexibility index (Phi) is 5.60. The van der Waals surface area contributed by atoms with Gasteiger partial charge in [0.05, 0.1) is 0 Å². The number of carbonyl (C=O) groups is 2. The molecular weight excluding hydrogens is 254 g/mol. The molecule has 1 unspecified atom stereocenters. The van der Waals surface area contributed by atoms with E-state index in [1.165, 1.54) is 16.2 Å². The van der Waals surface area contributed by atoms with Crippen molar-refractivity contribution in [1.82, 2.24) is 15.5 Å². The number of nitrogens with zero attached hydrogens (tertiary/aromatic N) is 1. The summed E-state index contributed by atoms with van der Waals surface area (Å²) in [4.78, 5) is 25.0. The Balaban J connectivity index is 2.62. The van der Waals surface area contributed by atoms with Crippen molar-refractivity contribution in [2.24, 2.45) is 0 Å². The van der Waals surface area contributed by atoms with Crippen molar-refractivity contribution in [3.8, 4) is 0 Å². The Hall–Kier alpha value is -1.60. The van der Waals surface area contributed by atoms with E-state index >= 15 is 0 Å². The molecule has 7 heteroatoms. The third-order valence-corrected chi connectivity index (χ3v) is 3.32. The average Bonchev–Trinajstić information content (AvgIpc) is 2.85. The number of aliphatic carboxylic acids is 1. The third-order valence-electron chi connectivity index (χ3n) is 2.39. The van der Waals surface area contributed by atoms with Gasteiger partial charge in [-0.2, -0.15) is 0 Å². The smallest absolute Gasteiger partial charge is 0.331 e. The van der Waals surface area contributed by atoms with Gasteiger partial charge < -0.3 is 20.6 Å². The maximum absolute atomic E-state index is 11.8. The molecule has 0 fully saturated rings. The Morgan fingerprint density at radius 2 is 2.28 bits per heavy atom. The minimum Gasteiger partial charge on any atom is -0.479 e. The predicted molar refractivity (Wildman–Crippen MR) is 69.8 cm³/mol. The number of likely N-dealkylation sites (N-methyl/N-ethyl adjacent to an activating group) is 2. The van der Waals surface area contributed by atoms with E-state index in [1.807, 2.05) is 0 Å². The lowest BCUT2D eigenvalue weighted by Crippen LogP contribution is -2.43. The van der Waals surface area contributed by atoms with E-state index in [9.17, 15) is 9.59 Å². The first-order chi connectivity index (χ1) is 8.56. The standard InChI is InChI=1S/C11H17N3O3S/c1-12-5-6-14(2)11(17)13-9(10(15)16)8-4-3-7-18-8/h3-4,7,9,12H,5-6H2,1-2H3,(H,13,17)(H,15,16). The first-order valence-corrected chi connectivity index (χ1v) is 6.36. The Labute approximate surface area is 110 Å². The molecule has 3 N–H and O–H groups in total. The Bertz CT molecular complexity index is 394. The fraction of sp³-hybridized carbons (Fsp3) is 0.455. The van der Waals surface area contributed by atoms with E-state index in [-0.39, 0.29) is 0 Å². The quantitative estimate of drug-likeness (QED) is 0.712. The number of rotatable bonds is 6. The lowest BCUT2D eigenvalue weighted by molar-refractivity contribution is -0.139. The number of urea groups is 1. The highest BCUT2D eigenvalue weighted by atomic mass is 32.1. The van der Waals surface area contributed by atoms with Gasteiger partial charge in [0.1, 0.15) is 0 Å². The van der Waals surface area contributed by atoms with Crippen molar-refractivity contribution in [3.05, 3.63) is 22.4 Å². The van der Waals surface area contributed by atoms with Crippen molar-refractivity contribution < 1.29 is 14.7 Å². The molecule has 0 saturated heterocycles. The Morgan fingerprint density at radius 3 is 2.78 bits per heavy atom.